The van der Waals surface area contributed by atoms with Crippen LogP contribution in [0.5, 0.6) is 5.75 Å². The number of sulfonamides is 1. The largest absolute Gasteiger partial charge is 0.493 e. The number of benzene rings is 2. The van der Waals surface area contributed by atoms with Crippen LogP contribution in [0.25, 0.3) is 16.6 Å². The minimum Gasteiger partial charge on any atom is -0.493 e. The lowest BCUT2D eigenvalue weighted by molar-refractivity contribution is 0.0994. The molecule has 3 aromatic rings. The van der Waals surface area contributed by atoms with Gasteiger partial charge in [-0.15, -0.1) is 0 Å². The molecule has 34 heavy (non-hydrogen) atoms. The molecular weight excluding hydrogens is 452 g/mol. The Kier molecular flexibility index (Phi) is 6.33. The predicted molar refractivity (Wildman–Crippen MR) is 134 cm³/mol. The van der Waals surface area contributed by atoms with Gasteiger partial charge in [0.25, 0.3) is 5.91 Å². The number of hydrogen-bond donors (Lipinski definition) is 1. The van der Waals surface area contributed by atoms with Gasteiger partial charge in [0.2, 0.25) is 10.0 Å². The Balaban J connectivity index is 1.88. The first kappa shape index (κ1) is 24.1. The second-order valence-electron chi connectivity index (χ2n) is 9.41. The van der Waals surface area contributed by atoms with Crippen LogP contribution >= 0.6 is 0 Å². The van der Waals surface area contributed by atoms with Crippen molar-refractivity contribution >= 4 is 32.5 Å². The number of aryl methyl sites for hydroxylation is 1. The lowest BCUT2D eigenvalue weighted by Crippen LogP contribution is -2.30. The van der Waals surface area contributed by atoms with E-state index in [-0.39, 0.29) is 11.6 Å². The van der Waals surface area contributed by atoms with Crippen molar-refractivity contribution in [3.63, 3.8) is 0 Å². The van der Waals surface area contributed by atoms with Gasteiger partial charge in [0, 0.05) is 11.9 Å². The van der Waals surface area contributed by atoms with Crippen molar-refractivity contribution in [2.24, 2.45) is 11.7 Å². The van der Waals surface area contributed by atoms with E-state index in [1.165, 1.54) is 10.6 Å². The Bertz CT molecular complexity index is 1360. The Morgan fingerprint density at radius 2 is 1.97 bits per heavy atom. The van der Waals surface area contributed by atoms with Gasteiger partial charge < -0.3 is 10.5 Å². The van der Waals surface area contributed by atoms with Gasteiger partial charge >= 0.3 is 0 Å². The number of anilines is 1. The van der Waals surface area contributed by atoms with Gasteiger partial charge in [-0.25, -0.2) is 13.1 Å². The fourth-order valence-electron chi connectivity index (χ4n) is 4.27. The van der Waals surface area contributed by atoms with E-state index in [1.54, 1.807) is 17.7 Å². The zero-order valence-electron chi connectivity index (χ0n) is 20.3. The summed E-state index contributed by atoms with van der Waals surface area (Å²) >= 11 is 0. The van der Waals surface area contributed by atoms with Gasteiger partial charge in [-0.2, -0.15) is 5.10 Å². The number of primary amides is 1. The van der Waals surface area contributed by atoms with Crippen LogP contribution in [0.4, 0.5) is 5.69 Å². The molecule has 0 aliphatic heterocycles. The van der Waals surface area contributed by atoms with Crippen LogP contribution in [-0.4, -0.2) is 43.5 Å². The third kappa shape index (κ3) is 4.61. The molecule has 182 valence electrons. The first-order chi connectivity index (χ1) is 16.0. The highest BCUT2D eigenvalue weighted by Gasteiger charge is 2.32. The number of amides is 1. The maximum Gasteiger partial charge on any atom is 0.268 e. The first-order valence-electron chi connectivity index (χ1n) is 11.6. The van der Waals surface area contributed by atoms with E-state index in [0.29, 0.717) is 41.3 Å². The molecule has 1 fully saturated rings. The molecule has 2 aromatic carbocycles. The van der Waals surface area contributed by atoms with Crippen molar-refractivity contribution < 1.29 is 17.9 Å². The third-order valence-corrected chi connectivity index (χ3v) is 7.26. The first-order valence-corrected chi connectivity index (χ1v) is 13.4. The van der Waals surface area contributed by atoms with Gasteiger partial charge in [0.1, 0.15) is 11.4 Å². The quantitative estimate of drug-likeness (QED) is 0.491. The fraction of sp³-hybridized carbons (Fsp3) is 0.440. The monoisotopic (exact) mass is 484 g/mol. The van der Waals surface area contributed by atoms with Crippen molar-refractivity contribution in [3.8, 4) is 11.4 Å². The van der Waals surface area contributed by atoms with Crippen molar-refractivity contribution in [2.75, 3.05) is 23.7 Å². The van der Waals surface area contributed by atoms with Crippen LogP contribution in [-0.2, 0) is 10.0 Å². The predicted octanol–water partition coefficient (Wildman–Crippen LogP) is 4.13. The molecule has 4 rings (SSSR count). The highest BCUT2D eigenvalue weighted by atomic mass is 32.2. The average molecular weight is 485 g/mol. The van der Waals surface area contributed by atoms with Gasteiger partial charge in [-0.3, -0.25) is 9.10 Å². The Hall–Kier alpha value is -3.07. The molecule has 0 radical (unpaired) electrons. The molecule has 0 unspecified atom stereocenters. The molecule has 0 saturated heterocycles. The van der Waals surface area contributed by atoms with Gasteiger partial charge in [0.05, 0.1) is 29.8 Å². The van der Waals surface area contributed by atoms with E-state index in [4.69, 9.17) is 10.5 Å². The number of fused-ring (bicyclic) bond motifs is 1. The number of carbonyl (C=O) groups is 1. The lowest BCUT2D eigenvalue weighted by Gasteiger charge is -2.23. The fourth-order valence-corrected chi connectivity index (χ4v) is 5.25. The molecule has 1 aromatic heterocycles. The highest BCUT2D eigenvalue weighted by Crippen LogP contribution is 2.46. The average Bonchev–Trinajstić information content (AvgIpc) is 3.51. The van der Waals surface area contributed by atoms with E-state index in [9.17, 15) is 13.2 Å². The summed E-state index contributed by atoms with van der Waals surface area (Å²) in [6.07, 6.45) is 3.17. The van der Waals surface area contributed by atoms with Crippen molar-refractivity contribution in [3.05, 3.63) is 47.2 Å². The summed E-state index contributed by atoms with van der Waals surface area (Å²) in [5.74, 6) is 0.852. The smallest absolute Gasteiger partial charge is 0.268 e. The number of ether oxygens (including phenoxy) is 1. The molecular formula is C25H32N4O4S. The molecule has 1 amide bonds. The molecule has 8 nitrogen and oxygen atoms in total. The molecule has 9 heteroatoms. The van der Waals surface area contributed by atoms with Crippen molar-refractivity contribution in [1.82, 2.24) is 9.78 Å². The maximum absolute atomic E-state index is 12.6. The molecule has 0 bridgehead atoms. The molecule has 1 aliphatic carbocycles. The summed E-state index contributed by atoms with van der Waals surface area (Å²) in [7, 11) is -3.47. The van der Waals surface area contributed by atoms with Crippen LogP contribution in [0.1, 0.15) is 61.1 Å². The van der Waals surface area contributed by atoms with E-state index in [2.05, 4.69) is 18.9 Å². The third-order valence-electron chi connectivity index (χ3n) is 6.00. The van der Waals surface area contributed by atoms with E-state index in [0.717, 1.165) is 29.7 Å². The summed E-state index contributed by atoms with van der Waals surface area (Å²) in [5.41, 5.74) is 9.75. The second kappa shape index (κ2) is 8.94. The van der Waals surface area contributed by atoms with E-state index >= 15 is 0 Å². The number of aromatic nitrogens is 2. The number of nitrogens with zero attached hydrogens (tertiary/aromatic N) is 3. The number of carbonyl (C=O) groups excluding carboxylic acids is 1. The molecule has 1 saturated carbocycles. The standard InChI is InChI=1S/C25H32N4O4S/c1-6-28(34(5,31)32)22-13-21-20(12-19(22)17-7-8-17)24(25(26)30)29(27-21)18-9-10-23(16(4)11-18)33-14-15(2)3/h9-13,15,17H,6-8,14H2,1-5H3,(H2,26,30). The Morgan fingerprint density at radius 3 is 2.50 bits per heavy atom. The van der Waals surface area contributed by atoms with Crippen LogP contribution in [0.3, 0.4) is 0 Å². The van der Waals surface area contributed by atoms with Crippen LogP contribution in [0, 0.1) is 12.8 Å². The van der Waals surface area contributed by atoms with Crippen molar-refractivity contribution in [1.29, 1.82) is 0 Å². The van der Waals surface area contributed by atoms with Crippen LogP contribution in [0.15, 0.2) is 30.3 Å². The minimum atomic E-state index is -3.47. The zero-order valence-corrected chi connectivity index (χ0v) is 21.1. The van der Waals surface area contributed by atoms with E-state index < -0.39 is 15.9 Å². The number of nitrogens with two attached hydrogens (primary N) is 1. The summed E-state index contributed by atoms with van der Waals surface area (Å²) in [6.45, 7) is 8.85. The number of hydrogen-bond acceptors (Lipinski definition) is 5. The molecule has 0 atom stereocenters. The summed E-state index contributed by atoms with van der Waals surface area (Å²) in [6, 6.07) is 9.29. The Labute approximate surface area is 200 Å². The molecule has 2 N–H and O–H groups in total. The summed E-state index contributed by atoms with van der Waals surface area (Å²) in [4.78, 5) is 12.6. The lowest BCUT2D eigenvalue weighted by atomic mass is 10.0. The highest BCUT2D eigenvalue weighted by molar-refractivity contribution is 7.92. The van der Waals surface area contributed by atoms with E-state index in [1.807, 2.05) is 31.2 Å². The topological polar surface area (TPSA) is 108 Å². The Morgan fingerprint density at radius 1 is 1.26 bits per heavy atom. The summed E-state index contributed by atoms with van der Waals surface area (Å²) < 4.78 is 33.8. The van der Waals surface area contributed by atoms with Gasteiger partial charge in [0.15, 0.2) is 0 Å². The molecule has 1 aliphatic rings. The van der Waals surface area contributed by atoms with Crippen molar-refractivity contribution in [2.45, 2.75) is 46.5 Å². The SMILES string of the molecule is CCN(c1cc2nn(-c3ccc(OCC(C)C)c(C)c3)c(C(N)=O)c2cc1C1CC1)S(C)(=O)=O. The van der Waals surface area contributed by atoms with Gasteiger partial charge in [-0.1, -0.05) is 13.8 Å². The van der Waals surface area contributed by atoms with Crippen LogP contribution < -0.4 is 14.8 Å². The summed E-state index contributed by atoms with van der Waals surface area (Å²) in [5, 5.41) is 5.31. The molecule has 0 spiro atoms. The van der Waals surface area contributed by atoms with Crippen LogP contribution in [0.2, 0.25) is 0 Å². The minimum absolute atomic E-state index is 0.263. The number of rotatable bonds is 9. The second-order valence-corrected chi connectivity index (χ2v) is 11.3. The maximum atomic E-state index is 12.6. The zero-order chi connectivity index (χ0) is 24.8. The van der Waals surface area contributed by atoms with Gasteiger partial charge in [-0.05, 0) is 80.0 Å². The normalized spacial score (nSPS) is 14.1. The molecule has 1 heterocycles.